The number of anilines is 1. The van der Waals surface area contributed by atoms with Crippen LogP contribution < -0.4 is 5.32 Å². The number of nitrogens with one attached hydrogen (secondary N) is 1. The van der Waals surface area contributed by atoms with E-state index in [1.165, 1.54) is 4.52 Å². The molecule has 0 aliphatic heterocycles. The molecule has 2 N–H and O–H groups in total. The molecule has 0 spiro atoms. The summed E-state index contributed by atoms with van der Waals surface area (Å²) in [7, 11) is 0. The summed E-state index contributed by atoms with van der Waals surface area (Å²) in [6.07, 6.45) is 3.69. The summed E-state index contributed by atoms with van der Waals surface area (Å²) < 4.78 is 3.55. The van der Waals surface area contributed by atoms with Crippen molar-refractivity contribution in [3.8, 4) is 11.6 Å². The van der Waals surface area contributed by atoms with Gasteiger partial charge in [-0.2, -0.15) is 0 Å². The number of nitrogens with zero attached hydrogens (tertiary/aromatic N) is 3. The molecule has 28 heavy (non-hydrogen) atoms. The van der Waals surface area contributed by atoms with Crippen molar-refractivity contribution in [3.63, 3.8) is 0 Å². The molecule has 1 amide bonds. The van der Waals surface area contributed by atoms with E-state index in [0.717, 1.165) is 16.6 Å². The van der Waals surface area contributed by atoms with Gasteiger partial charge in [-0.25, -0.2) is 4.52 Å². The molecule has 0 unspecified atom stereocenters. The molecule has 0 aliphatic carbocycles. The number of fused-ring (bicyclic) bond motifs is 2. The van der Waals surface area contributed by atoms with Crippen LogP contribution in [0, 0.1) is 0 Å². The summed E-state index contributed by atoms with van der Waals surface area (Å²) in [6.45, 7) is 0. The third-order valence-electron chi connectivity index (χ3n) is 4.73. The van der Waals surface area contributed by atoms with Crippen molar-refractivity contribution in [2.75, 3.05) is 5.32 Å². The lowest BCUT2D eigenvalue weighted by Gasteiger charge is -2.08. The monoisotopic (exact) mass is 368 g/mol. The minimum Gasteiger partial charge on any atom is -0.492 e. The van der Waals surface area contributed by atoms with Crippen LogP contribution in [0.2, 0.25) is 0 Å². The van der Waals surface area contributed by atoms with Crippen molar-refractivity contribution in [2.24, 2.45) is 0 Å². The number of aromatic nitrogens is 3. The Morgan fingerprint density at radius 3 is 2.57 bits per heavy atom. The molecule has 5 rings (SSSR count). The van der Waals surface area contributed by atoms with E-state index in [4.69, 9.17) is 0 Å². The molecule has 0 bridgehead atoms. The summed E-state index contributed by atoms with van der Waals surface area (Å²) in [5, 5.41) is 18.0. The number of para-hydroxylation sites is 1. The fourth-order valence-corrected chi connectivity index (χ4v) is 3.42. The Morgan fingerprint density at radius 2 is 1.71 bits per heavy atom. The van der Waals surface area contributed by atoms with Gasteiger partial charge in [-0.15, -0.1) is 5.10 Å². The van der Waals surface area contributed by atoms with E-state index in [2.05, 4.69) is 15.0 Å². The molecule has 3 aromatic heterocycles. The van der Waals surface area contributed by atoms with E-state index < -0.39 is 5.91 Å². The fourth-order valence-electron chi connectivity index (χ4n) is 3.42. The summed E-state index contributed by atoms with van der Waals surface area (Å²) in [5.74, 6) is -0.701. The normalized spacial score (nSPS) is 11.1. The fraction of sp³-hybridized carbons (Fsp3) is 0. The molecular weight excluding hydrogens is 352 g/mol. The molecule has 0 saturated heterocycles. The van der Waals surface area contributed by atoms with Crippen molar-refractivity contribution in [1.29, 1.82) is 0 Å². The molecule has 0 fully saturated rings. The van der Waals surface area contributed by atoms with E-state index in [1.807, 2.05) is 60.8 Å². The number of benzene rings is 2. The van der Waals surface area contributed by atoms with Crippen LogP contribution in [0.5, 0.6) is 5.88 Å². The topological polar surface area (TPSA) is 71.6 Å². The minimum atomic E-state index is -0.407. The standard InChI is InChI=1S/C22H16N4O2/c27-21(20-18-8-4-5-12-26(18)24-22(20)28)23-16-10-9-15-11-13-25(19(15)14-16)17-6-2-1-3-7-17/h1-14H,(H,23,27)(H,24,28). The second kappa shape index (κ2) is 6.28. The number of pyridine rings is 1. The second-order valence-electron chi connectivity index (χ2n) is 6.48. The molecule has 136 valence electrons. The van der Waals surface area contributed by atoms with E-state index in [0.29, 0.717) is 11.2 Å². The van der Waals surface area contributed by atoms with Crippen LogP contribution in [0.15, 0.2) is 85.2 Å². The van der Waals surface area contributed by atoms with Gasteiger partial charge in [0.2, 0.25) is 5.88 Å². The highest BCUT2D eigenvalue weighted by molar-refractivity contribution is 6.11. The zero-order valence-corrected chi connectivity index (χ0v) is 14.8. The predicted octanol–water partition coefficient (Wildman–Crippen LogP) is 4.24. The lowest BCUT2D eigenvalue weighted by atomic mass is 10.2. The first-order valence-corrected chi connectivity index (χ1v) is 8.85. The Morgan fingerprint density at radius 1 is 0.893 bits per heavy atom. The number of amides is 1. The minimum absolute atomic E-state index is 0.152. The lowest BCUT2D eigenvalue weighted by Crippen LogP contribution is -2.12. The maximum atomic E-state index is 12.8. The van der Waals surface area contributed by atoms with Crippen molar-refractivity contribution >= 4 is 28.0 Å². The Hall–Kier alpha value is -4.06. The summed E-state index contributed by atoms with van der Waals surface area (Å²) >= 11 is 0. The molecule has 0 aliphatic rings. The van der Waals surface area contributed by atoms with Crippen molar-refractivity contribution in [2.45, 2.75) is 0 Å². The highest BCUT2D eigenvalue weighted by Crippen LogP contribution is 2.26. The Labute approximate surface area is 160 Å². The van der Waals surface area contributed by atoms with Crippen LogP contribution in [-0.4, -0.2) is 25.2 Å². The van der Waals surface area contributed by atoms with Crippen LogP contribution in [0.1, 0.15) is 10.4 Å². The molecule has 3 heterocycles. The Kier molecular flexibility index (Phi) is 3.62. The smallest absolute Gasteiger partial charge is 0.263 e. The first-order valence-electron chi connectivity index (χ1n) is 8.85. The van der Waals surface area contributed by atoms with Crippen LogP contribution >= 0.6 is 0 Å². The number of carbonyl (C=O) groups excluding carboxylic acids is 1. The maximum Gasteiger partial charge on any atom is 0.263 e. The largest absolute Gasteiger partial charge is 0.492 e. The van der Waals surface area contributed by atoms with Crippen LogP contribution in [-0.2, 0) is 0 Å². The Bertz CT molecular complexity index is 1320. The van der Waals surface area contributed by atoms with E-state index in [9.17, 15) is 9.90 Å². The number of hydrogen-bond donors (Lipinski definition) is 2. The van der Waals surface area contributed by atoms with Crippen LogP contribution in [0.3, 0.4) is 0 Å². The van der Waals surface area contributed by atoms with Gasteiger partial charge in [0, 0.05) is 29.2 Å². The number of rotatable bonds is 3. The third kappa shape index (κ3) is 2.59. The van der Waals surface area contributed by atoms with Gasteiger partial charge in [0.1, 0.15) is 5.56 Å². The van der Waals surface area contributed by atoms with E-state index in [1.54, 1.807) is 24.4 Å². The van der Waals surface area contributed by atoms with E-state index >= 15 is 0 Å². The second-order valence-corrected chi connectivity index (χ2v) is 6.48. The molecule has 0 radical (unpaired) electrons. The predicted molar refractivity (Wildman–Crippen MR) is 108 cm³/mol. The molecular formula is C22H16N4O2. The molecule has 6 heteroatoms. The maximum absolute atomic E-state index is 12.8. The third-order valence-corrected chi connectivity index (χ3v) is 4.73. The highest BCUT2D eigenvalue weighted by Gasteiger charge is 2.19. The molecule has 6 nitrogen and oxygen atoms in total. The van der Waals surface area contributed by atoms with Gasteiger partial charge in [0.05, 0.1) is 11.0 Å². The zero-order valence-electron chi connectivity index (χ0n) is 14.8. The van der Waals surface area contributed by atoms with Gasteiger partial charge in [0.25, 0.3) is 5.91 Å². The first-order chi connectivity index (χ1) is 13.7. The van der Waals surface area contributed by atoms with Gasteiger partial charge >= 0.3 is 0 Å². The number of aromatic hydroxyl groups is 1. The van der Waals surface area contributed by atoms with Crippen LogP contribution in [0.4, 0.5) is 5.69 Å². The van der Waals surface area contributed by atoms with Gasteiger partial charge in [-0.3, -0.25) is 4.79 Å². The SMILES string of the molecule is O=C(Nc1ccc2ccn(-c3ccccc3)c2c1)c1c(O)nn2ccccc12. The summed E-state index contributed by atoms with van der Waals surface area (Å²) in [5.41, 5.74) is 3.36. The zero-order chi connectivity index (χ0) is 19.1. The van der Waals surface area contributed by atoms with Gasteiger partial charge in [-0.05, 0) is 42.5 Å². The highest BCUT2D eigenvalue weighted by atomic mass is 16.3. The molecule has 2 aromatic carbocycles. The lowest BCUT2D eigenvalue weighted by molar-refractivity contribution is 0.102. The van der Waals surface area contributed by atoms with Crippen LogP contribution in [0.25, 0.3) is 22.1 Å². The van der Waals surface area contributed by atoms with Crippen molar-refractivity contribution in [3.05, 3.63) is 90.8 Å². The average molecular weight is 368 g/mol. The van der Waals surface area contributed by atoms with E-state index in [-0.39, 0.29) is 11.4 Å². The number of hydrogen-bond acceptors (Lipinski definition) is 3. The quantitative estimate of drug-likeness (QED) is 0.500. The Balaban J connectivity index is 1.53. The molecule has 5 aromatic rings. The summed E-state index contributed by atoms with van der Waals surface area (Å²) in [6, 6.07) is 23.1. The summed E-state index contributed by atoms with van der Waals surface area (Å²) in [4.78, 5) is 12.8. The average Bonchev–Trinajstić information content (AvgIpc) is 3.28. The van der Waals surface area contributed by atoms with Gasteiger partial charge in [0.15, 0.2) is 0 Å². The molecule has 0 atom stereocenters. The van der Waals surface area contributed by atoms with Crippen molar-refractivity contribution in [1.82, 2.24) is 14.2 Å². The number of carbonyl (C=O) groups is 1. The first kappa shape index (κ1) is 16.1. The van der Waals surface area contributed by atoms with Gasteiger partial charge < -0.3 is 15.0 Å². The molecule has 0 saturated carbocycles. The van der Waals surface area contributed by atoms with Crippen molar-refractivity contribution < 1.29 is 9.90 Å². The van der Waals surface area contributed by atoms with Gasteiger partial charge in [-0.1, -0.05) is 30.3 Å².